The maximum atomic E-state index is 11.3. The first-order valence-corrected chi connectivity index (χ1v) is 11.3. The molecule has 1 aromatic heterocycles. The summed E-state index contributed by atoms with van der Waals surface area (Å²) in [6.45, 7) is 10.2. The number of hydrogen-bond donors (Lipinski definition) is 2. The molecule has 31 heavy (non-hydrogen) atoms. The fraction of sp³-hybridized carbons (Fsp3) is 0.280. The summed E-state index contributed by atoms with van der Waals surface area (Å²) in [6.07, 6.45) is 6.12. The Morgan fingerprint density at radius 1 is 1.19 bits per heavy atom. The molecule has 3 aromatic rings. The Hall–Kier alpha value is -2.96. The van der Waals surface area contributed by atoms with Crippen molar-refractivity contribution in [1.29, 1.82) is 0 Å². The lowest BCUT2D eigenvalue weighted by molar-refractivity contribution is -0.642. The molecule has 3 N–H and O–H groups in total. The minimum Gasteiger partial charge on any atom is -0.456 e. The number of allylic oxidation sites excluding steroid dienone is 1. The van der Waals surface area contributed by atoms with E-state index in [-0.39, 0.29) is 5.91 Å². The number of nitrogens with two attached hydrogens (primary N) is 1. The molecule has 1 amide bonds. The number of anilines is 1. The zero-order valence-corrected chi connectivity index (χ0v) is 20.0. The van der Waals surface area contributed by atoms with E-state index in [1.54, 1.807) is 11.3 Å². The highest BCUT2D eigenvalue weighted by atomic mass is 32.1. The number of nitrogens with one attached hydrogen (secondary N) is 1. The first-order chi connectivity index (χ1) is 14.9. The van der Waals surface area contributed by atoms with E-state index in [9.17, 15) is 4.79 Å². The molecule has 2 aromatic carbocycles. The minimum absolute atomic E-state index is 0.0673. The summed E-state index contributed by atoms with van der Waals surface area (Å²) in [5, 5.41) is 3.91. The number of carbonyl (C=O) groups excluding carboxylic acids is 1. The van der Waals surface area contributed by atoms with Gasteiger partial charge in [-0.2, -0.15) is 4.57 Å². The van der Waals surface area contributed by atoms with Crippen molar-refractivity contribution in [3.63, 3.8) is 0 Å². The molecule has 1 aliphatic heterocycles. The summed E-state index contributed by atoms with van der Waals surface area (Å²) in [4.78, 5) is 11.3. The molecule has 164 valence electrons. The van der Waals surface area contributed by atoms with Crippen LogP contribution in [0.1, 0.15) is 43.8 Å². The third kappa shape index (κ3) is 6.26. The molecule has 0 aliphatic carbocycles. The molecule has 5 nitrogen and oxygen atoms in total. The Labute approximate surface area is 188 Å². The van der Waals surface area contributed by atoms with Gasteiger partial charge >= 0.3 is 0 Å². The second-order valence-electron chi connectivity index (χ2n) is 6.79. The Morgan fingerprint density at radius 2 is 1.90 bits per heavy atom. The van der Waals surface area contributed by atoms with Crippen molar-refractivity contribution in [3.05, 3.63) is 64.4 Å². The molecule has 0 unspecified atom stereocenters. The second kappa shape index (κ2) is 11.4. The van der Waals surface area contributed by atoms with Crippen LogP contribution in [0.25, 0.3) is 22.4 Å². The van der Waals surface area contributed by atoms with Gasteiger partial charge in [0.15, 0.2) is 0 Å². The van der Waals surface area contributed by atoms with E-state index in [1.165, 1.54) is 12.5 Å². The number of aromatic nitrogens is 1. The van der Waals surface area contributed by atoms with Crippen LogP contribution in [0.2, 0.25) is 0 Å². The molecule has 6 heteroatoms. The maximum absolute atomic E-state index is 11.3. The molecule has 2 heterocycles. The average molecular weight is 439 g/mol. The molecular weight excluding hydrogens is 406 g/mol. The Bertz CT molecular complexity index is 1110. The van der Waals surface area contributed by atoms with Gasteiger partial charge in [0.1, 0.15) is 23.3 Å². The van der Waals surface area contributed by atoms with E-state index in [2.05, 4.69) is 35.0 Å². The summed E-state index contributed by atoms with van der Waals surface area (Å²) in [7, 11) is 2.03. The zero-order valence-electron chi connectivity index (χ0n) is 19.2. The van der Waals surface area contributed by atoms with E-state index in [1.807, 2.05) is 64.2 Å². The monoisotopic (exact) mass is 438 g/mol. The smallest absolute Gasteiger partial charge is 0.266 e. The minimum atomic E-state index is -0.0673. The topological polar surface area (TPSA) is 68.2 Å². The van der Waals surface area contributed by atoms with Crippen molar-refractivity contribution in [3.8, 4) is 5.75 Å². The van der Waals surface area contributed by atoms with Crippen LogP contribution in [0.15, 0.2) is 48.2 Å². The number of aryl methyl sites for hydroxylation is 2. The number of nitrogens with zero attached hydrogens (tertiary/aromatic N) is 1. The van der Waals surface area contributed by atoms with Crippen molar-refractivity contribution in [2.24, 2.45) is 12.8 Å². The fourth-order valence-electron chi connectivity index (χ4n) is 3.00. The predicted octanol–water partition coefficient (Wildman–Crippen LogP) is 5.43. The average Bonchev–Trinajstić information content (AvgIpc) is 3.04. The number of amides is 1. The lowest BCUT2D eigenvalue weighted by Crippen LogP contribution is -2.29. The number of hydrogen-bond acceptors (Lipinski definition) is 4. The normalized spacial score (nSPS) is 12.8. The maximum Gasteiger partial charge on any atom is 0.266 e. The predicted molar refractivity (Wildman–Crippen MR) is 132 cm³/mol. The van der Waals surface area contributed by atoms with Gasteiger partial charge in [0, 0.05) is 24.2 Å². The molecule has 0 saturated carbocycles. The van der Waals surface area contributed by atoms with Crippen molar-refractivity contribution >= 4 is 45.3 Å². The Morgan fingerprint density at radius 3 is 2.58 bits per heavy atom. The highest BCUT2D eigenvalue weighted by molar-refractivity contribution is 7.18. The Balaban J connectivity index is 0.000000630. The largest absolute Gasteiger partial charge is 0.456 e. The van der Waals surface area contributed by atoms with Crippen LogP contribution in [0.3, 0.4) is 0 Å². The molecule has 0 atom stereocenters. The first-order valence-electron chi connectivity index (χ1n) is 10.5. The van der Waals surface area contributed by atoms with E-state index < -0.39 is 0 Å². The van der Waals surface area contributed by atoms with Crippen LogP contribution in [0.4, 0.5) is 5.69 Å². The van der Waals surface area contributed by atoms with Crippen LogP contribution in [-0.4, -0.2) is 12.5 Å². The van der Waals surface area contributed by atoms with E-state index in [4.69, 9.17) is 10.5 Å². The molecular formula is C25H32N3O2S+. The third-order valence-corrected chi connectivity index (χ3v) is 5.42. The second-order valence-corrected chi connectivity index (χ2v) is 7.86. The van der Waals surface area contributed by atoms with Crippen molar-refractivity contribution in [2.45, 2.75) is 34.6 Å². The quantitative estimate of drug-likeness (QED) is 0.524. The van der Waals surface area contributed by atoms with Gasteiger partial charge in [-0.05, 0) is 49.9 Å². The third-order valence-electron chi connectivity index (χ3n) is 4.27. The number of benzene rings is 2. The first kappa shape index (κ1) is 24.3. The van der Waals surface area contributed by atoms with Gasteiger partial charge in [-0.15, -0.1) is 0 Å². The standard InChI is InChI=1S/C21H18N2O2S.C2H7N.C2H6/c1-13-4-9-19-15(10-13)5-7-17(25-19)12-21-23(3)18-8-6-16(22-14(2)24)11-20(18)26-21;1-2-3;1-2/h4-12H,1-3H3;2-3H2,1H3;1-2H3/p+1/b17-12+;;. The number of thiazole rings is 1. The van der Waals surface area contributed by atoms with Gasteiger partial charge in [-0.1, -0.05) is 43.7 Å². The number of fused-ring (bicyclic) bond motifs is 2. The van der Waals surface area contributed by atoms with Gasteiger partial charge in [-0.3, -0.25) is 4.79 Å². The van der Waals surface area contributed by atoms with Crippen LogP contribution in [0.5, 0.6) is 5.75 Å². The summed E-state index contributed by atoms with van der Waals surface area (Å²) in [5.41, 5.74) is 9.09. The van der Waals surface area contributed by atoms with Gasteiger partial charge in [0.2, 0.25) is 11.4 Å². The van der Waals surface area contributed by atoms with Crippen molar-refractivity contribution < 1.29 is 14.1 Å². The van der Waals surface area contributed by atoms with Crippen LogP contribution in [0, 0.1) is 6.92 Å². The van der Waals surface area contributed by atoms with E-state index in [0.717, 1.165) is 44.5 Å². The summed E-state index contributed by atoms with van der Waals surface area (Å²) < 4.78 is 9.27. The number of rotatable bonds is 2. The van der Waals surface area contributed by atoms with Gasteiger partial charge in [-0.25, -0.2) is 0 Å². The van der Waals surface area contributed by atoms with Gasteiger partial charge in [0.25, 0.3) is 5.01 Å². The molecule has 1 aliphatic rings. The number of ether oxygens (including phenoxy) is 1. The van der Waals surface area contributed by atoms with Crippen molar-refractivity contribution in [2.75, 3.05) is 11.9 Å². The summed E-state index contributed by atoms with van der Waals surface area (Å²) >= 11 is 1.66. The molecule has 0 spiro atoms. The highest BCUT2D eigenvalue weighted by Gasteiger charge is 2.18. The SMILES string of the molecule is CC.CC(=O)Nc1ccc2c(c1)sc(/C=C1\C=Cc3cc(C)ccc3O1)[n+]2C.CCN. The highest BCUT2D eigenvalue weighted by Crippen LogP contribution is 2.30. The van der Waals surface area contributed by atoms with Crippen molar-refractivity contribution in [1.82, 2.24) is 0 Å². The number of carbonyl (C=O) groups is 1. The van der Waals surface area contributed by atoms with E-state index in [0.29, 0.717) is 0 Å². The zero-order chi connectivity index (χ0) is 23.0. The molecule has 0 fully saturated rings. The molecule has 0 saturated heterocycles. The summed E-state index contributed by atoms with van der Waals surface area (Å²) in [5.74, 6) is 1.62. The van der Waals surface area contributed by atoms with Crippen LogP contribution in [-0.2, 0) is 11.8 Å². The van der Waals surface area contributed by atoms with Crippen LogP contribution >= 0.6 is 11.3 Å². The van der Waals surface area contributed by atoms with E-state index >= 15 is 0 Å². The molecule has 4 rings (SSSR count). The lowest BCUT2D eigenvalue weighted by Gasteiger charge is -2.14. The fourth-order valence-corrected chi connectivity index (χ4v) is 4.13. The van der Waals surface area contributed by atoms with Crippen LogP contribution < -0.4 is 20.4 Å². The molecule has 0 bridgehead atoms. The molecule has 0 radical (unpaired) electrons. The van der Waals surface area contributed by atoms with Gasteiger partial charge in [0.05, 0.1) is 6.08 Å². The summed E-state index contributed by atoms with van der Waals surface area (Å²) in [6, 6.07) is 12.1. The van der Waals surface area contributed by atoms with Gasteiger partial charge < -0.3 is 15.8 Å². The lowest BCUT2D eigenvalue weighted by atomic mass is 10.1. The Kier molecular flexibility index (Phi) is 8.97.